The van der Waals surface area contributed by atoms with Crippen LogP contribution < -0.4 is 10.6 Å². The van der Waals surface area contributed by atoms with Gasteiger partial charge in [0.05, 0.1) is 28.4 Å². The third kappa shape index (κ3) is 5.43. The van der Waals surface area contributed by atoms with Gasteiger partial charge >= 0.3 is 0 Å². The molecule has 1 fully saturated rings. The number of anilines is 1. The Kier molecular flexibility index (Phi) is 5.92. The first-order valence-electron chi connectivity index (χ1n) is 9.44. The number of nitrogens with zero attached hydrogens (tertiary/aromatic N) is 1. The summed E-state index contributed by atoms with van der Waals surface area (Å²) in [5.41, 5.74) is 2.79. The highest BCUT2D eigenvalue weighted by Gasteiger charge is 2.25. The number of nitrogens with one attached hydrogen (secondary N) is 2. The average molecular weight is 426 g/mol. The smallest absolute Gasteiger partial charge is 0.253 e. The van der Waals surface area contributed by atoms with Crippen LogP contribution in [0.25, 0.3) is 0 Å². The molecule has 0 atom stereocenters. The van der Waals surface area contributed by atoms with Crippen molar-refractivity contribution < 1.29 is 9.59 Å². The van der Waals surface area contributed by atoms with E-state index in [9.17, 15) is 9.59 Å². The zero-order chi connectivity index (χ0) is 20.2. The van der Waals surface area contributed by atoms with Gasteiger partial charge in [-0.2, -0.15) is 0 Å². The van der Waals surface area contributed by atoms with Gasteiger partial charge in [-0.05, 0) is 42.7 Å². The molecule has 4 rings (SSSR count). The van der Waals surface area contributed by atoms with Crippen LogP contribution >= 0.6 is 22.9 Å². The maximum absolute atomic E-state index is 12.5. The fourth-order valence-electron chi connectivity index (χ4n) is 2.97. The highest BCUT2D eigenvalue weighted by Crippen LogP contribution is 2.22. The van der Waals surface area contributed by atoms with Crippen molar-refractivity contribution in [1.29, 1.82) is 0 Å². The van der Waals surface area contributed by atoms with Crippen molar-refractivity contribution in [2.75, 3.05) is 5.32 Å². The Morgan fingerprint density at radius 3 is 2.76 bits per heavy atom. The summed E-state index contributed by atoms with van der Waals surface area (Å²) in [5.74, 6) is -0.350. The number of carbonyl (C=O) groups excluding carboxylic acids is 2. The van der Waals surface area contributed by atoms with Crippen molar-refractivity contribution in [2.45, 2.75) is 31.7 Å². The van der Waals surface area contributed by atoms with Crippen molar-refractivity contribution in [3.05, 3.63) is 80.8 Å². The standard InChI is InChI=1S/C22H20ClN3O2S/c23-15-5-3-4-14(10-15)11-21-24-17(13-29-21)12-20(27)26-19-7-2-1-6-18(19)22(28)25-16-8-9-16/h1-7,10,13,16H,8-9,11-12H2,(H,25,28)(H,26,27). The van der Waals surface area contributed by atoms with Gasteiger partial charge in [0.2, 0.25) is 5.91 Å². The Hall–Kier alpha value is -2.70. The molecular weight excluding hydrogens is 406 g/mol. The Morgan fingerprint density at radius 2 is 1.97 bits per heavy atom. The van der Waals surface area contributed by atoms with Crippen LogP contribution in [-0.2, 0) is 17.6 Å². The molecule has 148 valence electrons. The number of thiazole rings is 1. The van der Waals surface area contributed by atoms with Gasteiger partial charge in [-0.25, -0.2) is 4.98 Å². The predicted molar refractivity (Wildman–Crippen MR) is 116 cm³/mol. The van der Waals surface area contributed by atoms with E-state index in [2.05, 4.69) is 15.6 Å². The number of hydrogen-bond acceptors (Lipinski definition) is 4. The van der Waals surface area contributed by atoms with Gasteiger partial charge in [0.15, 0.2) is 0 Å². The van der Waals surface area contributed by atoms with Crippen molar-refractivity contribution in [3.63, 3.8) is 0 Å². The van der Waals surface area contributed by atoms with Crippen LogP contribution in [0.1, 0.15) is 39.5 Å². The third-order valence-electron chi connectivity index (χ3n) is 4.54. The zero-order valence-electron chi connectivity index (χ0n) is 15.7. The normalized spacial score (nSPS) is 13.1. The van der Waals surface area contributed by atoms with E-state index in [1.807, 2.05) is 29.6 Å². The number of para-hydroxylation sites is 1. The first-order chi connectivity index (χ1) is 14.1. The summed E-state index contributed by atoms with van der Waals surface area (Å²) in [5, 5.41) is 9.32. The molecule has 1 heterocycles. The van der Waals surface area contributed by atoms with Gasteiger partial charge in [-0.15, -0.1) is 11.3 Å². The van der Waals surface area contributed by atoms with Crippen LogP contribution in [0.4, 0.5) is 5.69 Å². The summed E-state index contributed by atoms with van der Waals surface area (Å²) in [7, 11) is 0. The molecule has 0 spiro atoms. The van der Waals surface area contributed by atoms with Crippen molar-refractivity contribution in [3.8, 4) is 0 Å². The maximum Gasteiger partial charge on any atom is 0.253 e. The summed E-state index contributed by atoms with van der Waals surface area (Å²) >= 11 is 7.55. The van der Waals surface area contributed by atoms with Gasteiger partial charge in [-0.3, -0.25) is 9.59 Å². The third-order valence-corrected chi connectivity index (χ3v) is 5.68. The minimum absolute atomic E-state index is 0.152. The summed E-state index contributed by atoms with van der Waals surface area (Å²) in [4.78, 5) is 29.4. The molecule has 0 saturated heterocycles. The summed E-state index contributed by atoms with van der Waals surface area (Å²) in [6, 6.07) is 15.0. The molecule has 2 amide bonds. The van der Waals surface area contributed by atoms with Gasteiger partial charge in [0, 0.05) is 22.9 Å². The van der Waals surface area contributed by atoms with E-state index in [0.717, 1.165) is 23.4 Å². The average Bonchev–Trinajstić information content (AvgIpc) is 3.40. The van der Waals surface area contributed by atoms with E-state index >= 15 is 0 Å². The largest absolute Gasteiger partial charge is 0.349 e. The fraction of sp³-hybridized carbons (Fsp3) is 0.227. The van der Waals surface area contributed by atoms with Crippen molar-refractivity contribution in [2.24, 2.45) is 0 Å². The predicted octanol–water partition coefficient (Wildman–Crippen LogP) is 4.46. The molecule has 0 radical (unpaired) electrons. The number of carbonyl (C=O) groups is 2. The number of hydrogen-bond donors (Lipinski definition) is 2. The van der Waals surface area contributed by atoms with Gasteiger partial charge in [0.25, 0.3) is 5.91 Å². The van der Waals surface area contributed by atoms with E-state index in [-0.39, 0.29) is 24.3 Å². The highest BCUT2D eigenvalue weighted by molar-refractivity contribution is 7.09. The Labute approximate surface area is 178 Å². The molecule has 3 aromatic rings. The molecule has 29 heavy (non-hydrogen) atoms. The van der Waals surface area contributed by atoms with E-state index in [1.54, 1.807) is 24.3 Å². The Balaban J connectivity index is 1.38. The van der Waals surface area contributed by atoms with E-state index < -0.39 is 0 Å². The summed E-state index contributed by atoms with van der Waals surface area (Å²) < 4.78 is 0. The number of benzene rings is 2. The number of amides is 2. The van der Waals surface area contributed by atoms with E-state index in [0.29, 0.717) is 28.4 Å². The van der Waals surface area contributed by atoms with Crippen molar-refractivity contribution in [1.82, 2.24) is 10.3 Å². The molecule has 2 N–H and O–H groups in total. The van der Waals surface area contributed by atoms with Crippen molar-refractivity contribution >= 4 is 40.4 Å². The second kappa shape index (κ2) is 8.76. The topological polar surface area (TPSA) is 71.1 Å². The van der Waals surface area contributed by atoms with Gasteiger partial charge < -0.3 is 10.6 Å². The molecule has 1 aliphatic carbocycles. The zero-order valence-corrected chi connectivity index (χ0v) is 17.2. The lowest BCUT2D eigenvalue weighted by atomic mass is 10.1. The lowest BCUT2D eigenvalue weighted by molar-refractivity contribution is -0.115. The minimum atomic E-state index is -0.198. The monoisotopic (exact) mass is 425 g/mol. The molecule has 1 saturated carbocycles. The van der Waals surface area contributed by atoms with Crippen LogP contribution in [-0.4, -0.2) is 22.8 Å². The molecule has 5 nitrogen and oxygen atoms in total. The molecule has 1 aromatic heterocycles. The van der Waals surface area contributed by atoms with Crippen LogP contribution in [0.3, 0.4) is 0 Å². The molecule has 0 aliphatic heterocycles. The lowest BCUT2D eigenvalue weighted by Gasteiger charge is -2.10. The van der Waals surface area contributed by atoms with Crippen LogP contribution in [0.5, 0.6) is 0 Å². The van der Waals surface area contributed by atoms with Gasteiger partial charge in [-0.1, -0.05) is 35.9 Å². The van der Waals surface area contributed by atoms with Crippen LogP contribution in [0, 0.1) is 0 Å². The highest BCUT2D eigenvalue weighted by atomic mass is 35.5. The fourth-order valence-corrected chi connectivity index (χ4v) is 4.01. The first-order valence-corrected chi connectivity index (χ1v) is 10.7. The van der Waals surface area contributed by atoms with E-state index in [4.69, 9.17) is 11.6 Å². The van der Waals surface area contributed by atoms with Crippen LogP contribution in [0.15, 0.2) is 53.9 Å². The Bertz CT molecular complexity index is 1050. The summed E-state index contributed by atoms with van der Waals surface area (Å²) in [6.07, 6.45) is 2.87. The first kappa shape index (κ1) is 19.6. The maximum atomic E-state index is 12.5. The molecule has 2 aromatic carbocycles. The minimum Gasteiger partial charge on any atom is -0.349 e. The molecule has 0 bridgehead atoms. The number of rotatable bonds is 7. The van der Waals surface area contributed by atoms with E-state index in [1.165, 1.54) is 11.3 Å². The Morgan fingerprint density at radius 1 is 1.14 bits per heavy atom. The second-order valence-corrected chi connectivity index (χ2v) is 8.44. The molecule has 7 heteroatoms. The number of halogens is 1. The second-order valence-electron chi connectivity index (χ2n) is 7.06. The SMILES string of the molecule is O=C(Cc1csc(Cc2cccc(Cl)c2)n1)Nc1ccccc1C(=O)NC1CC1. The molecule has 0 unspecified atom stereocenters. The summed E-state index contributed by atoms with van der Waals surface area (Å²) in [6.45, 7) is 0. The number of aromatic nitrogens is 1. The lowest BCUT2D eigenvalue weighted by Crippen LogP contribution is -2.27. The molecule has 1 aliphatic rings. The quantitative estimate of drug-likeness (QED) is 0.587. The van der Waals surface area contributed by atoms with Crippen LogP contribution in [0.2, 0.25) is 5.02 Å². The molecular formula is C22H20ClN3O2S. The van der Waals surface area contributed by atoms with Gasteiger partial charge in [0.1, 0.15) is 0 Å².